The zero-order chi connectivity index (χ0) is 20.3. The Morgan fingerprint density at radius 3 is 2.97 bits per heavy atom. The molecule has 3 N–H and O–H groups in total. The molecule has 1 fully saturated rings. The van der Waals surface area contributed by atoms with E-state index in [4.69, 9.17) is 9.47 Å². The lowest BCUT2D eigenvalue weighted by Crippen LogP contribution is -2.45. The molecule has 9 heteroatoms. The van der Waals surface area contributed by atoms with Crippen molar-refractivity contribution in [2.24, 2.45) is 0 Å². The normalized spacial score (nSPS) is 23.5. The van der Waals surface area contributed by atoms with Gasteiger partial charge in [0.2, 0.25) is 0 Å². The number of hydrogen-bond donors (Lipinski definition) is 3. The van der Waals surface area contributed by atoms with Gasteiger partial charge in [-0.05, 0) is 31.2 Å². The highest BCUT2D eigenvalue weighted by Gasteiger charge is 2.35. The fourth-order valence-electron chi connectivity index (χ4n) is 3.54. The largest absolute Gasteiger partial charge is 0.492 e. The van der Waals surface area contributed by atoms with Crippen LogP contribution in [0.15, 0.2) is 42.9 Å². The molecule has 2 aromatic rings. The number of aromatic nitrogens is 2. The van der Waals surface area contributed by atoms with Gasteiger partial charge in [0, 0.05) is 43.2 Å². The van der Waals surface area contributed by atoms with E-state index in [-0.39, 0.29) is 11.9 Å². The Morgan fingerprint density at radius 2 is 2.21 bits per heavy atom. The van der Waals surface area contributed by atoms with Crippen LogP contribution in [0.4, 0.5) is 4.39 Å². The maximum Gasteiger partial charge on any atom is 0.182 e. The molecule has 1 aromatic heterocycles. The number of rotatable bonds is 7. The summed E-state index contributed by atoms with van der Waals surface area (Å²) in [5, 5.41) is 19.1. The van der Waals surface area contributed by atoms with Crippen LogP contribution in [0.1, 0.15) is 24.1 Å². The first-order valence-electron chi connectivity index (χ1n) is 9.75. The smallest absolute Gasteiger partial charge is 0.182 e. The summed E-state index contributed by atoms with van der Waals surface area (Å²) in [6.07, 6.45) is 6.54. The van der Waals surface area contributed by atoms with Crippen LogP contribution < -0.4 is 10.2 Å². The van der Waals surface area contributed by atoms with Gasteiger partial charge in [-0.1, -0.05) is 0 Å². The van der Waals surface area contributed by atoms with Crippen LogP contribution in [-0.2, 0) is 10.5 Å². The zero-order valence-corrected chi connectivity index (χ0v) is 16.3. The maximum absolute atomic E-state index is 14.0. The van der Waals surface area contributed by atoms with E-state index in [0.717, 1.165) is 32.8 Å². The number of aliphatic hydroxyl groups is 1. The van der Waals surface area contributed by atoms with Crippen molar-refractivity contribution in [1.82, 2.24) is 25.5 Å². The van der Waals surface area contributed by atoms with Crippen molar-refractivity contribution in [1.29, 1.82) is 0 Å². The highest BCUT2D eigenvalue weighted by atomic mass is 19.1. The number of halogens is 1. The Morgan fingerprint density at radius 1 is 1.38 bits per heavy atom. The number of ether oxygens (including phenoxy) is 2. The third kappa shape index (κ3) is 4.43. The third-order valence-corrected chi connectivity index (χ3v) is 5.32. The van der Waals surface area contributed by atoms with Crippen LogP contribution in [0.3, 0.4) is 0 Å². The molecule has 0 aliphatic carbocycles. The van der Waals surface area contributed by atoms with E-state index < -0.39 is 5.72 Å². The fraction of sp³-hybridized carbons (Fsp3) is 0.450. The average Bonchev–Trinajstić information content (AvgIpc) is 3.40. The highest BCUT2D eigenvalue weighted by molar-refractivity contribution is 5.37. The van der Waals surface area contributed by atoms with Crippen LogP contribution in [0.5, 0.6) is 5.75 Å². The topological polar surface area (TPSA) is 85.9 Å². The summed E-state index contributed by atoms with van der Waals surface area (Å²) in [6.45, 7) is 6.49. The van der Waals surface area contributed by atoms with Crippen molar-refractivity contribution in [2.45, 2.75) is 18.7 Å². The lowest BCUT2D eigenvalue weighted by Gasteiger charge is -2.31. The number of H-pyrrole nitrogens is 1. The maximum atomic E-state index is 14.0. The van der Waals surface area contributed by atoms with Crippen LogP contribution >= 0.6 is 0 Å². The van der Waals surface area contributed by atoms with Crippen LogP contribution in [0.2, 0.25) is 0 Å². The first-order valence-corrected chi connectivity index (χ1v) is 9.75. The molecule has 4 rings (SSSR count). The SMILES string of the molecule is CC(c1cc(F)ccc1OCCN1CCOCC1)N1C=CC(O)(c2cn[nH]c2)N1. The van der Waals surface area contributed by atoms with E-state index in [9.17, 15) is 9.50 Å². The lowest BCUT2D eigenvalue weighted by atomic mass is 10.1. The molecular weight excluding hydrogens is 377 g/mol. The van der Waals surface area contributed by atoms with Gasteiger partial charge in [-0.3, -0.25) is 10.00 Å². The molecule has 156 valence electrons. The van der Waals surface area contributed by atoms with Gasteiger partial charge in [0.25, 0.3) is 0 Å². The fourth-order valence-corrected chi connectivity index (χ4v) is 3.54. The van der Waals surface area contributed by atoms with Crippen molar-refractivity contribution in [3.05, 3.63) is 59.8 Å². The Hall–Kier alpha value is -2.46. The molecule has 0 saturated carbocycles. The number of nitrogens with one attached hydrogen (secondary N) is 2. The number of hydrazine groups is 1. The summed E-state index contributed by atoms with van der Waals surface area (Å²) >= 11 is 0. The number of nitrogens with zero attached hydrogens (tertiary/aromatic N) is 3. The molecule has 29 heavy (non-hydrogen) atoms. The van der Waals surface area contributed by atoms with Crippen molar-refractivity contribution in [3.8, 4) is 5.75 Å². The number of benzene rings is 1. The zero-order valence-electron chi connectivity index (χ0n) is 16.3. The second-order valence-corrected chi connectivity index (χ2v) is 7.25. The van der Waals surface area contributed by atoms with Gasteiger partial charge in [-0.2, -0.15) is 10.5 Å². The minimum Gasteiger partial charge on any atom is -0.492 e. The molecule has 2 aliphatic heterocycles. The van der Waals surface area contributed by atoms with E-state index in [1.165, 1.54) is 12.1 Å². The van der Waals surface area contributed by atoms with Gasteiger partial charge in [0.05, 0.1) is 25.5 Å². The summed E-state index contributed by atoms with van der Waals surface area (Å²) in [5.41, 5.74) is 2.95. The second-order valence-electron chi connectivity index (χ2n) is 7.25. The first kappa shape index (κ1) is 19.8. The second kappa shape index (κ2) is 8.50. The van der Waals surface area contributed by atoms with Gasteiger partial charge in [-0.15, -0.1) is 0 Å². The van der Waals surface area contributed by atoms with Crippen molar-refractivity contribution < 1.29 is 19.0 Å². The van der Waals surface area contributed by atoms with E-state index in [2.05, 4.69) is 20.5 Å². The minimum atomic E-state index is -1.37. The summed E-state index contributed by atoms with van der Waals surface area (Å²) in [4.78, 5) is 2.28. The van der Waals surface area contributed by atoms with E-state index >= 15 is 0 Å². The standard InChI is InChI=1S/C20H26FN5O3/c1-15(26-5-4-20(27,24-26)16-13-22-23-14-16)18-12-17(21)2-3-19(18)29-11-8-25-6-9-28-10-7-25/h2-5,12-15,24,27H,6-11H2,1H3,(H,22,23). The van der Waals surface area contributed by atoms with E-state index in [1.807, 2.05) is 6.92 Å². The summed E-state index contributed by atoms with van der Waals surface area (Å²) < 4.78 is 25.3. The monoisotopic (exact) mass is 403 g/mol. The van der Waals surface area contributed by atoms with Gasteiger partial charge < -0.3 is 19.6 Å². The van der Waals surface area contributed by atoms with E-state index in [1.54, 1.807) is 35.7 Å². The van der Waals surface area contributed by atoms with Crippen molar-refractivity contribution in [3.63, 3.8) is 0 Å². The van der Waals surface area contributed by atoms with Gasteiger partial charge in [0.15, 0.2) is 5.72 Å². The molecule has 2 unspecified atom stereocenters. The molecule has 1 aromatic carbocycles. The molecule has 8 nitrogen and oxygen atoms in total. The number of aromatic amines is 1. The van der Waals surface area contributed by atoms with Crippen LogP contribution in [0, 0.1) is 5.82 Å². The molecule has 2 atom stereocenters. The van der Waals surface area contributed by atoms with Crippen LogP contribution in [-0.4, -0.2) is 64.7 Å². The molecular formula is C20H26FN5O3. The average molecular weight is 403 g/mol. The molecule has 0 bridgehead atoms. The molecule has 1 saturated heterocycles. The quantitative estimate of drug-likeness (QED) is 0.646. The number of hydrogen-bond acceptors (Lipinski definition) is 7. The summed E-state index contributed by atoms with van der Waals surface area (Å²) in [6, 6.07) is 4.25. The number of morpholine rings is 1. The third-order valence-electron chi connectivity index (χ3n) is 5.32. The molecule has 2 aliphatic rings. The Balaban J connectivity index is 1.43. The lowest BCUT2D eigenvalue weighted by molar-refractivity contribution is -0.00283. The van der Waals surface area contributed by atoms with Crippen LogP contribution in [0.25, 0.3) is 0 Å². The molecule has 0 amide bonds. The Bertz CT molecular complexity index is 841. The predicted molar refractivity (Wildman–Crippen MR) is 104 cm³/mol. The molecule has 0 spiro atoms. The summed E-state index contributed by atoms with van der Waals surface area (Å²) in [5.74, 6) is 0.293. The van der Waals surface area contributed by atoms with E-state index in [0.29, 0.717) is 23.5 Å². The highest BCUT2D eigenvalue weighted by Crippen LogP contribution is 2.34. The molecule has 0 radical (unpaired) electrons. The molecule has 3 heterocycles. The summed E-state index contributed by atoms with van der Waals surface area (Å²) in [7, 11) is 0. The Labute approximate surface area is 168 Å². The Kier molecular flexibility index (Phi) is 5.81. The first-order chi connectivity index (χ1) is 14.0. The van der Waals surface area contributed by atoms with Gasteiger partial charge in [0.1, 0.15) is 18.2 Å². The van der Waals surface area contributed by atoms with Gasteiger partial charge in [-0.25, -0.2) is 4.39 Å². The minimum absolute atomic E-state index is 0.277. The predicted octanol–water partition coefficient (Wildman–Crippen LogP) is 1.50. The van der Waals surface area contributed by atoms with Crippen molar-refractivity contribution in [2.75, 3.05) is 39.5 Å². The van der Waals surface area contributed by atoms with Crippen molar-refractivity contribution >= 4 is 0 Å². The van der Waals surface area contributed by atoms with Gasteiger partial charge >= 0.3 is 0 Å².